The third kappa shape index (κ3) is 2.87. The highest BCUT2D eigenvalue weighted by atomic mass is 16.5. The Hall–Kier alpha value is -2.39. The van der Waals surface area contributed by atoms with Crippen LogP contribution in [0.5, 0.6) is 0 Å². The van der Waals surface area contributed by atoms with E-state index in [9.17, 15) is 4.79 Å². The van der Waals surface area contributed by atoms with E-state index in [4.69, 9.17) is 4.74 Å². The van der Waals surface area contributed by atoms with Crippen LogP contribution in [0.3, 0.4) is 0 Å². The number of rotatable bonds is 2. The van der Waals surface area contributed by atoms with Crippen LogP contribution in [0.4, 0.5) is 0 Å². The Kier molecular flexibility index (Phi) is 3.95. The number of ketones is 1. The van der Waals surface area contributed by atoms with Crippen molar-refractivity contribution >= 4 is 11.5 Å². The molecule has 0 unspecified atom stereocenters. The highest BCUT2D eigenvalue weighted by molar-refractivity contribution is 6.08. The maximum Gasteiger partial charge on any atom is 0.187 e. The van der Waals surface area contributed by atoms with E-state index in [0.717, 1.165) is 49.3 Å². The Morgan fingerprint density at radius 3 is 2.50 bits per heavy atom. The zero-order valence-electron chi connectivity index (χ0n) is 13.6. The number of nitrogens with one attached hydrogen (secondary N) is 1. The molecule has 0 aromatic heterocycles. The van der Waals surface area contributed by atoms with Gasteiger partial charge in [0.05, 0.1) is 0 Å². The number of carbonyl (C=O) groups excluding carboxylic acids is 1. The minimum Gasteiger partial charge on any atom is -0.381 e. The number of allylic oxidation sites excluding steroid dienone is 1. The molecule has 1 N–H and O–H groups in total. The molecule has 24 heavy (non-hydrogen) atoms. The normalized spacial score (nSPS) is 20.4. The fourth-order valence-corrected chi connectivity index (χ4v) is 3.69. The second kappa shape index (κ2) is 6.25. The molecule has 2 aliphatic heterocycles. The molecule has 1 spiro atoms. The monoisotopic (exact) mass is 319 g/mol. The lowest BCUT2D eigenvalue weighted by Gasteiger charge is -2.43. The topological polar surface area (TPSA) is 38.3 Å². The van der Waals surface area contributed by atoms with Crippen LogP contribution in [0.2, 0.25) is 0 Å². The molecule has 0 amide bonds. The van der Waals surface area contributed by atoms with Crippen LogP contribution in [0.15, 0.2) is 60.7 Å². The number of hydrogen-bond acceptors (Lipinski definition) is 3. The summed E-state index contributed by atoms with van der Waals surface area (Å²) in [6.45, 7) is 1.55. The molecule has 4 rings (SSSR count). The zero-order valence-corrected chi connectivity index (χ0v) is 13.6. The first kappa shape index (κ1) is 15.2. The molecule has 2 aromatic rings. The van der Waals surface area contributed by atoms with E-state index in [-0.39, 0.29) is 11.3 Å². The molecule has 2 heterocycles. The minimum atomic E-state index is 0.00933. The molecule has 0 radical (unpaired) electrons. The van der Waals surface area contributed by atoms with Crippen LogP contribution < -0.4 is 5.32 Å². The number of fused-ring (bicyclic) bond motifs is 1. The highest BCUT2D eigenvalue weighted by Gasteiger charge is 2.37. The fraction of sp³-hybridized carbons (Fsp3) is 0.286. The molecule has 0 atom stereocenters. The summed E-state index contributed by atoms with van der Waals surface area (Å²) in [6.07, 6.45) is 4.68. The number of carbonyl (C=O) groups is 1. The number of hydrogen-bond donors (Lipinski definition) is 1. The van der Waals surface area contributed by atoms with Gasteiger partial charge in [0, 0.05) is 41.7 Å². The summed E-state index contributed by atoms with van der Waals surface area (Å²) in [4.78, 5) is 12.7. The average Bonchev–Trinajstić information content (AvgIpc) is 2.63. The van der Waals surface area contributed by atoms with Crippen molar-refractivity contribution in [2.75, 3.05) is 13.2 Å². The van der Waals surface area contributed by atoms with Crippen molar-refractivity contribution < 1.29 is 9.53 Å². The van der Waals surface area contributed by atoms with E-state index in [0.29, 0.717) is 0 Å². The Morgan fingerprint density at radius 1 is 1.00 bits per heavy atom. The lowest BCUT2D eigenvalue weighted by Crippen LogP contribution is -2.52. The van der Waals surface area contributed by atoms with Crippen LogP contribution in [-0.2, 0) is 11.2 Å². The van der Waals surface area contributed by atoms with Gasteiger partial charge < -0.3 is 10.1 Å². The third-order valence-corrected chi connectivity index (χ3v) is 5.02. The van der Waals surface area contributed by atoms with Gasteiger partial charge in [0.1, 0.15) is 0 Å². The molecule has 1 saturated heterocycles. The first-order chi connectivity index (χ1) is 11.8. The molecule has 2 aromatic carbocycles. The first-order valence-corrected chi connectivity index (χ1v) is 8.51. The van der Waals surface area contributed by atoms with Gasteiger partial charge in [-0.15, -0.1) is 0 Å². The Morgan fingerprint density at radius 2 is 1.71 bits per heavy atom. The van der Waals surface area contributed by atoms with Crippen molar-refractivity contribution in [3.05, 3.63) is 77.4 Å². The fourth-order valence-electron chi connectivity index (χ4n) is 3.69. The lowest BCUT2D eigenvalue weighted by atomic mass is 9.78. The summed E-state index contributed by atoms with van der Waals surface area (Å²) in [6, 6.07) is 17.8. The SMILES string of the molecule is O=C(/C=C1\NC2(CCOCC2)Cc2ccccc21)c1ccccc1. The average molecular weight is 319 g/mol. The van der Waals surface area contributed by atoms with Gasteiger partial charge in [-0.1, -0.05) is 54.6 Å². The standard InChI is InChI=1S/C21H21NO2/c23-20(16-6-2-1-3-7-16)14-19-18-9-5-4-8-17(18)15-21(22-19)10-12-24-13-11-21/h1-9,14,22H,10-13,15H2/b19-14-. The number of benzene rings is 2. The third-order valence-electron chi connectivity index (χ3n) is 5.02. The quantitative estimate of drug-likeness (QED) is 0.679. The van der Waals surface area contributed by atoms with Gasteiger partial charge in [-0.25, -0.2) is 0 Å². The molecule has 2 aliphatic rings. The Balaban J connectivity index is 1.73. The largest absolute Gasteiger partial charge is 0.381 e. The van der Waals surface area contributed by atoms with Crippen LogP contribution in [-0.4, -0.2) is 24.5 Å². The van der Waals surface area contributed by atoms with Crippen LogP contribution in [0.25, 0.3) is 5.70 Å². The lowest BCUT2D eigenvalue weighted by molar-refractivity contribution is 0.0435. The van der Waals surface area contributed by atoms with E-state index >= 15 is 0 Å². The van der Waals surface area contributed by atoms with E-state index < -0.39 is 0 Å². The molecule has 0 aliphatic carbocycles. The van der Waals surface area contributed by atoms with Crippen molar-refractivity contribution in [2.45, 2.75) is 24.8 Å². The van der Waals surface area contributed by atoms with Crippen molar-refractivity contribution in [3.63, 3.8) is 0 Å². The molecule has 1 fully saturated rings. The van der Waals surface area contributed by atoms with Crippen molar-refractivity contribution in [1.82, 2.24) is 5.32 Å². The molecule has 3 nitrogen and oxygen atoms in total. The van der Waals surface area contributed by atoms with Gasteiger partial charge in [0.25, 0.3) is 0 Å². The second-order valence-corrected chi connectivity index (χ2v) is 6.64. The smallest absolute Gasteiger partial charge is 0.187 e. The predicted octanol–water partition coefficient (Wildman–Crippen LogP) is 3.61. The minimum absolute atomic E-state index is 0.00933. The second-order valence-electron chi connectivity index (χ2n) is 6.64. The van der Waals surface area contributed by atoms with E-state index in [1.807, 2.05) is 36.4 Å². The summed E-state index contributed by atoms with van der Waals surface area (Å²) in [5, 5.41) is 3.69. The van der Waals surface area contributed by atoms with Gasteiger partial charge in [0.15, 0.2) is 5.78 Å². The van der Waals surface area contributed by atoms with Crippen LogP contribution >= 0.6 is 0 Å². The molecule has 0 saturated carbocycles. The van der Waals surface area contributed by atoms with Gasteiger partial charge in [-0.2, -0.15) is 0 Å². The summed E-state index contributed by atoms with van der Waals surface area (Å²) in [5.41, 5.74) is 4.11. The summed E-state index contributed by atoms with van der Waals surface area (Å²) in [7, 11) is 0. The van der Waals surface area contributed by atoms with Gasteiger partial charge in [0.2, 0.25) is 0 Å². The van der Waals surface area contributed by atoms with Gasteiger partial charge >= 0.3 is 0 Å². The molecular weight excluding hydrogens is 298 g/mol. The maximum atomic E-state index is 12.7. The van der Waals surface area contributed by atoms with Crippen molar-refractivity contribution in [2.24, 2.45) is 0 Å². The van der Waals surface area contributed by atoms with Gasteiger partial charge in [-0.05, 0) is 24.8 Å². The molecule has 122 valence electrons. The Labute approximate surface area is 142 Å². The van der Waals surface area contributed by atoms with E-state index in [1.54, 1.807) is 6.08 Å². The Bertz CT molecular complexity index is 773. The zero-order chi connectivity index (χ0) is 16.4. The van der Waals surface area contributed by atoms with Crippen LogP contribution in [0, 0.1) is 0 Å². The molecular formula is C21H21NO2. The van der Waals surface area contributed by atoms with E-state index in [1.165, 1.54) is 5.56 Å². The summed E-state index contributed by atoms with van der Waals surface area (Å²) in [5.74, 6) is 0.0389. The van der Waals surface area contributed by atoms with Gasteiger partial charge in [-0.3, -0.25) is 4.79 Å². The van der Waals surface area contributed by atoms with Crippen molar-refractivity contribution in [1.29, 1.82) is 0 Å². The summed E-state index contributed by atoms with van der Waals surface area (Å²) < 4.78 is 5.54. The van der Waals surface area contributed by atoms with Crippen molar-refractivity contribution in [3.8, 4) is 0 Å². The molecule has 3 heteroatoms. The van der Waals surface area contributed by atoms with Crippen LogP contribution in [0.1, 0.15) is 34.3 Å². The number of ether oxygens (including phenoxy) is 1. The predicted molar refractivity (Wildman–Crippen MR) is 94.8 cm³/mol. The first-order valence-electron chi connectivity index (χ1n) is 8.51. The maximum absolute atomic E-state index is 12.7. The van der Waals surface area contributed by atoms with E-state index in [2.05, 4.69) is 23.5 Å². The highest BCUT2D eigenvalue weighted by Crippen LogP contribution is 2.35. The molecule has 0 bridgehead atoms. The summed E-state index contributed by atoms with van der Waals surface area (Å²) >= 11 is 0.